The van der Waals surface area contributed by atoms with Gasteiger partial charge < -0.3 is 26.4 Å². The average molecular weight is 583 g/mol. The molecule has 4 amide bonds. The van der Waals surface area contributed by atoms with Crippen molar-refractivity contribution in [2.75, 3.05) is 5.32 Å². The van der Waals surface area contributed by atoms with Crippen molar-refractivity contribution < 1.29 is 37.5 Å². The number of hydrogen-bond donors (Lipinski definition) is 5. The second kappa shape index (κ2) is 13.6. The van der Waals surface area contributed by atoms with Crippen LogP contribution in [0.1, 0.15) is 48.5 Å². The standard InChI is InChI=1S/C27H30ClF3N4O5/c1-15-11-17(24(38)33-15)12-21(23(37)26(40)32-14-16-5-3-2-4-6-16)35-25(39)19-13-18(28)7-8-20(19)34-22(36)9-10-27(29,30)31/h2-8,13,15,17,21,23,37H,9-12,14H2,1H3,(H,32,40)(H,33,38)(H,34,36)(H,35,39)/t15-,17+,21+,23?/m1/s1. The molecule has 4 atom stereocenters. The summed E-state index contributed by atoms with van der Waals surface area (Å²) in [5.74, 6) is -3.50. The number of carbonyl (C=O) groups excluding carboxylic acids is 4. The maximum Gasteiger partial charge on any atom is 0.389 e. The third kappa shape index (κ3) is 9.23. The van der Waals surface area contributed by atoms with Crippen LogP contribution < -0.4 is 21.3 Å². The summed E-state index contributed by atoms with van der Waals surface area (Å²) in [6.45, 7) is 1.91. The first-order valence-corrected chi connectivity index (χ1v) is 13.0. The van der Waals surface area contributed by atoms with Gasteiger partial charge in [-0.2, -0.15) is 13.2 Å². The van der Waals surface area contributed by atoms with Crippen LogP contribution in [-0.2, 0) is 20.9 Å². The molecule has 1 saturated heterocycles. The number of aliphatic hydroxyl groups is 1. The summed E-state index contributed by atoms with van der Waals surface area (Å²) in [5.41, 5.74) is 0.472. The molecule has 0 radical (unpaired) electrons. The number of nitrogens with one attached hydrogen (secondary N) is 4. The molecule has 1 fully saturated rings. The number of carbonyl (C=O) groups is 4. The number of benzene rings is 2. The Morgan fingerprint density at radius 3 is 2.48 bits per heavy atom. The fourth-order valence-electron chi connectivity index (χ4n) is 4.33. The minimum Gasteiger partial charge on any atom is -0.381 e. The van der Waals surface area contributed by atoms with E-state index in [0.29, 0.717) is 6.42 Å². The first-order chi connectivity index (χ1) is 18.8. The molecule has 0 saturated carbocycles. The Morgan fingerprint density at radius 2 is 1.85 bits per heavy atom. The van der Waals surface area contributed by atoms with Gasteiger partial charge in [-0.25, -0.2) is 0 Å². The van der Waals surface area contributed by atoms with E-state index in [1.165, 1.54) is 18.2 Å². The van der Waals surface area contributed by atoms with E-state index < -0.39 is 54.8 Å². The quantitative estimate of drug-likeness (QED) is 0.277. The van der Waals surface area contributed by atoms with Gasteiger partial charge in [-0.3, -0.25) is 19.2 Å². The zero-order valence-electron chi connectivity index (χ0n) is 21.6. The molecular weight excluding hydrogens is 553 g/mol. The lowest BCUT2D eigenvalue weighted by Gasteiger charge is -2.26. The van der Waals surface area contributed by atoms with Gasteiger partial charge in [0, 0.05) is 29.9 Å². The lowest BCUT2D eigenvalue weighted by molar-refractivity contribution is -0.142. The molecule has 0 aliphatic carbocycles. The Balaban J connectivity index is 1.78. The molecule has 1 aliphatic rings. The number of rotatable bonds is 11. The SMILES string of the molecule is C[C@@H]1C[C@@H](C[C@H](NC(=O)c2cc(Cl)ccc2NC(=O)CCC(F)(F)F)C(O)C(=O)NCc2ccccc2)C(=O)N1. The van der Waals surface area contributed by atoms with Crippen molar-refractivity contribution in [1.82, 2.24) is 16.0 Å². The van der Waals surface area contributed by atoms with Gasteiger partial charge in [0.15, 0.2) is 6.10 Å². The Morgan fingerprint density at radius 1 is 1.15 bits per heavy atom. The van der Waals surface area contributed by atoms with Gasteiger partial charge in [-0.05, 0) is 43.5 Å². The highest BCUT2D eigenvalue weighted by molar-refractivity contribution is 6.31. The Kier molecular flexibility index (Phi) is 10.5. The summed E-state index contributed by atoms with van der Waals surface area (Å²) in [5, 5.41) is 21.2. The molecule has 0 bridgehead atoms. The van der Waals surface area contributed by atoms with Crippen molar-refractivity contribution in [2.45, 2.75) is 63.5 Å². The molecule has 5 N–H and O–H groups in total. The van der Waals surface area contributed by atoms with Crippen LogP contribution in [0.2, 0.25) is 5.02 Å². The minimum absolute atomic E-state index is 0.0737. The number of anilines is 1. The van der Waals surface area contributed by atoms with Crippen molar-refractivity contribution >= 4 is 40.9 Å². The van der Waals surface area contributed by atoms with E-state index in [9.17, 15) is 37.5 Å². The first kappa shape index (κ1) is 30.9. The van der Waals surface area contributed by atoms with E-state index in [0.717, 1.165) is 5.56 Å². The zero-order chi connectivity index (χ0) is 29.4. The van der Waals surface area contributed by atoms with E-state index >= 15 is 0 Å². The third-order valence-corrected chi connectivity index (χ3v) is 6.58. The van der Waals surface area contributed by atoms with Gasteiger partial charge in [0.1, 0.15) is 0 Å². The van der Waals surface area contributed by atoms with Crippen LogP contribution in [0.4, 0.5) is 18.9 Å². The molecule has 2 aromatic carbocycles. The first-order valence-electron chi connectivity index (χ1n) is 12.6. The lowest BCUT2D eigenvalue weighted by Crippen LogP contribution is -2.51. The molecule has 0 aromatic heterocycles. The highest BCUT2D eigenvalue weighted by Crippen LogP contribution is 2.26. The van der Waals surface area contributed by atoms with Gasteiger partial charge in [0.2, 0.25) is 11.8 Å². The van der Waals surface area contributed by atoms with Crippen molar-refractivity contribution in [3.63, 3.8) is 0 Å². The summed E-state index contributed by atoms with van der Waals surface area (Å²) >= 11 is 6.03. The van der Waals surface area contributed by atoms with Crippen molar-refractivity contribution in [3.8, 4) is 0 Å². The monoisotopic (exact) mass is 582 g/mol. The molecule has 2 aromatic rings. The topological polar surface area (TPSA) is 137 Å². The molecule has 40 heavy (non-hydrogen) atoms. The summed E-state index contributed by atoms with van der Waals surface area (Å²) < 4.78 is 37.6. The molecular formula is C27H30ClF3N4O5. The molecule has 3 rings (SSSR count). The second-order valence-corrected chi connectivity index (χ2v) is 10.1. The molecule has 216 valence electrons. The van der Waals surface area contributed by atoms with Gasteiger partial charge in [0.05, 0.1) is 23.7 Å². The molecule has 13 heteroatoms. The van der Waals surface area contributed by atoms with Crippen molar-refractivity contribution in [1.29, 1.82) is 0 Å². The number of amides is 4. The van der Waals surface area contributed by atoms with Crippen LogP contribution in [-0.4, -0.2) is 53.1 Å². The Labute approximate surface area is 233 Å². The Hall–Kier alpha value is -3.64. The van der Waals surface area contributed by atoms with Gasteiger partial charge in [0.25, 0.3) is 11.8 Å². The number of halogens is 4. The minimum atomic E-state index is -4.54. The van der Waals surface area contributed by atoms with Crippen LogP contribution in [0, 0.1) is 5.92 Å². The maximum absolute atomic E-state index is 13.3. The third-order valence-electron chi connectivity index (χ3n) is 6.35. The van der Waals surface area contributed by atoms with Crippen LogP contribution in [0.25, 0.3) is 0 Å². The second-order valence-electron chi connectivity index (χ2n) is 9.66. The average Bonchev–Trinajstić information content (AvgIpc) is 3.22. The molecule has 1 aliphatic heterocycles. The van der Waals surface area contributed by atoms with E-state index in [-0.39, 0.29) is 41.2 Å². The van der Waals surface area contributed by atoms with Crippen molar-refractivity contribution in [3.05, 3.63) is 64.7 Å². The molecule has 1 heterocycles. The smallest absolute Gasteiger partial charge is 0.381 e. The largest absolute Gasteiger partial charge is 0.389 e. The summed E-state index contributed by atoms with van der Waals surface area (Å²) in [6, 6.07) is 11.4. The van der Waals surface area contributed by atoms with Gasteiger partial charge >= 0.3 is 6.18 Å². The molecule has 9 nitrogen and oxygen atoms in total. The lowest BCUT2D eigenvalue weighted by atomic mass is 9.93. The number of aliphatic hydroxyl groups excluding tert-OH is 1. The Bertz CT molecular complexity index is 1230. The molecule has 1 unspecified atom stereocenters. The highest BCUT2D eigenvalue weighted by Gasteiger charge is 2.37. The van der Waals surface area contributed by atoms with Gasteiger partial charge in [-0.1, -0.05) is 41.9 Å². The van der Waals surface area contributed by atoms with Crippen LogP contribution in [0.3, 0.4) is 0 Å². The van der Waals surface area contributed by atoms with E-state index in [1.54, 1.807) is 31.2 Å². The van der Waals surface area contributed by atoms with Crippen LogP contribution in [0.5, 0.6) is 0 Å². The predicted octanol–water partition coefficient (Wildman–Crippen LogP) is 3.31. The summed E-state index contributed by atoms with van der Waals surface area (Å²) in [7, 11) is 0. The van der Waals surface area contributed by atoms with E-state index in [2.05, 4.69) is 21.3 Å². The summed E-state index contributed by atoms with van der Waals surface area (Å²) in [4.78, 5) is 50.6. The predicted molar refractivity (Wildman–Crippen MR) is 141 cm³/mol. The molecule has 0 spiro atoms. The zero-order valence-corrected chi connectivity index (χ0v) is 22.3. The highest BCUT2D eigenvalue weighted by atomic mass is 35.5. The van der Waals surface area contributed by atoms with Crippen molar-refractivity contribution in [2.24, 2.45) is 5.92 Å². The summed E-state index contributed by atoms with van der Waals surface area (Å²) in [6.07, 6.45) is -8.14. The fraction of sp³-hybridized carbons (Fsp3) is 0.407. The maximum atomic E-state index is 13.3. The fourth-order valence-corrected chi connectivity index (χ4v) is 4.50. The van der Waals surface area contributed by atoms with E-state index in [4.69, 9.17) is 11.6 Å². The normalized spacial score (nSPS) is 18.4. The van der Waals surface area contributed by atoms with Crippen LogP contribution >= 0.6 is 11.6 Å². The van der Waals surface area contributed by atoms with Gasteiger partial charge in [-0.15, -0.1) is 0 Å². The number of alkyl halides is 3. The van der Waals surface area contributed by atoms with Crippen LogP contribution in [0.15, 0.2) is 48.5 Å². The van der Waals surface area contributed by atoms with E-state index in [1.807, 2.05) is 6.07 Å². The number of hydrogen-bond acceptors (Lipinski definition) is 5.